The van der Waals surface area contributed by atoms with Gasteiger partial charge in [-0.2, -0.15) is 18.2 Å². The molecule has 0 fully saturated rings. The van der Waals surface area contributed by atoms with Crippen LogP contribution in [0.1, 0.15) is 42.6 Å². The number of benzene rings is 1. The summed E-state index contributed by atoms with van der Waals surface area (Å²) < 4.78 is 47.5. The van der Waals surface area contributed by atoms with Crippen molar-refractivity contribution in [2.24, 2.45) is 4.99 Å². The number of alkyl halides is 3. The first kappa shape index (κ1) is 24.0. The van der Waals surface area contributed by atoms with Crippen molar-refractivity contribution in [3.63, 3.8) is 0 Å². The zero-order chi connectivity index (χ0) is 23.5. The van der Waals surface area contributed by atoms with Gasteiger partial charge < -0.3 is 24.7 Å². The number of aliphatic hydroxyl groups is 1. The standard InChI is InChI=1S/C21H23F3N3O4S/c1-3-4-8-27-16-11-26(30)9-7-18(16)32-20(27)25-19(29)15-10-14(21(22,23)24)5-6-17(15)31-12-13(2)28/h5-7,10-11,13,28H,3-4,8-9,12H2,1-2H3/q-1/t13-/m0/s1. The predicted molar refractivity (Wildman–Crippen MR) is 114 cm³/mol. The molecule has 1 aromatic carbocycles. The van der Waals surface area contributed by atoms with Gasteiger partial charge in [0, 0.05) is 19.3 Å². The minimum atomic E-state index is -4.65. The summed E-state index contributed by atoms with van der Waals surface area (Å²) in [4.78, 5) is 17.4. The topological polar surface area (TPSA) is 90.1 Å². The second-order valence-corrected chi connectivity index (χ2v) is 8.37. The maximum Gasteiger partial charge on any atom is 0.416 e. The Morgan fingerprint density at radius 2 is 2.16 bits per heavy atom. The number of nitrogens with zero attached hydrogens (tertiary/aromatic N) is 3. The molecule has 2 heterocycles. The summed E-state index contributed by atoms with van der Waals surface area (Å²) in [5, 5.41) is 22.6. The third kappa shape index (κ3) is 5.59. The van der Waals surface area contributed by atoms with E-state index in [0.29, 0.717) is 18.0 Å². The van der Waals surface area contributed by atoms with Gasteiger partial charge in [0.15, 0.2) is 4.80 Å². The minimum absolute atomic E-state index is 0.0991. The summed E-state index contributed by atoms with van der Waals surface area (Å²) in [6.45, 7) is 3.92. The summed E-state index contributed by atoms with van der Waals surface area (Å²) in [5.74, 6) is -1.00. The number of thiazole rings is 1. The fourth-order valence-electron chi connectivity index (χ4n) is 3.06. The second-order valence-electron chi connectivity index (χ2n) is 7.36. The summed E-state index contributed by atoms with van der Waals surface area (Å²) in [6, 6.07) is 2.56. The molecule has 0 spiro atoms. The van der Waals surface area contributed by atoms with Crippen molar-refractivity contribution in [2.75, 3.05) is 13.2 Å². The number of amides is 1. The number of halogens is 3. The van der Waals surface area contributed by atoms with Gasteiger partial charge in [-0.25, -0.2) is 0 Å². The van der Waals surface area contributed by atoms with Gasteiger partial charge in [-0.3, -0.25) is 4.79 Å². The number of fused-ring (bicyclic) bond motifs is 1. The molecule has 3 rings (SSSR count). The monoisotopic (exact) mass is 470 g/mol. The smallest absolute Gasteiger partial charge is 0.416 e. The molecule has 1 amide bonds. The number of unbranched alkanes of at least 4 members (excludes halogenated alkanes) is 1. The molecule has 0 aliphatic carbocycles. The van der Waals surface area contributed by atoms with E-state index in [1.807, 2.05) is 6.92 Å². The van der Waals surface area contributed by atoms with E-state index in [2.05, 4.69) is 4.99 Å². The van der Waals surface area contributed by atoms with Crippen molar-refractivity contribution in [2.45, 2.75) is 45.5 Å². The molecule has 1 aliphatic heterocycles. The van der Waals surface area contributed by atoms with Crippen LogP contribution < -0.4 is 19.4 Å². The van der Waals surface area contributed by atoms with E-state index in [-0.39, 0.29) is 29.3 Å². The fraction of sp³-hybridized carbons (Fsp3) is 0.429. The Bertz CT molecular complexity index is 1170. The summed E-state index contributed by atoms with van der Waals surface area (Å²) >= 11 is 1.19. The van der Waals surface area contributed by atoms with Crippen LogP contribution in [0.3, 0.4) is 0 Å². The SMILES string of the molecule is CCCCn1c(=NC(=O)c2cc(C(F)(F)F)ccc2OC[C@H](C)O)sc2c1=CN([O-])CC=2. The summed E-state index contributed by atoms with van der Waals surface area (Å²) in [7, 11) is 0. The van der Waals surface area contributed by atoms with Crippen molar-refractivity contribution in [1.82, 2.24) is 9.63 Å². The molecular formula is C21H23F3N3O4S-. The Balaban J connectivity index is 2.12. The third-order valence-corrected chi connectivity index (χ3v) is 5.74. The van der Waals surface area contributed by atoms with Gasteiger partial charge in [-0.1, -0.05) is 24.7 Å². The molecule has 0 saturated carbocycles. The van der Waals surface area contributed by atoms with Gasteiger partial charge in [-0.15, -0.1) is 0 Å². The van der Waals surface area contributed by atoms with Crippen LogP contribution >= 0.6 is 11.3 Å². The first-order chi connectivity index (χ1) is 15.1. The number of carbonyl (C=O) groups is 1. The van der Waals surface area contributed by atoms with Gasteiger partial charge in [0.05, 0.1) is 27.1 Å². The van der Waals surface area contributed by atoms with E-state index in [4.69, 9.17) is 4.74 Å². The van der Waals surface area contributed by atoms with Crippen LogP contribution in [0.15, 0.2) is 23.2 Å². The molecule has 1 aliphatic rings. The highest BCUT2D eigenvalue weighted by Crippen LogP contribution is 2.33. The summed E-state index contributed by atoms with van der Waals surface area (Å²) in [6.07, 6.45) is -0.752. The van der Waals surface area contributed by atoms with Crippen LogP contribution in [0.25, 0.3) is 12.3 Å². The van der Waals surface area contributed by atoms with E-state index < -0.39 is 23.8 Å². The average molecular weight is 470 g/mol. The van der Waals surface area contributed by atoms with Gasteiger partial charge in [0.25, 0.3) is 5.91 Å². The molecule has 1 atom stereocenters. The van der Waals surface area contributed by atoms with Gasteiger partial charge in [0.2, 0.25) is 0 Å². The van der Waals surface area contributed by atoms with E-state index in [1.165, 1.54) is 24.5 Å². The minimum Gasteiger partial charge on any atom is -0.758 e. The number of hydrogen-bond donors (Lipinski definition) is 1. The zero-order valence-electron chi connectivity index (χ0n) is 17.6. The van der Waals surface area contributed by atoms with Crippen molar-refractivity contribution < 1.29 is 27.8 Å². The van der Waals surface area contributed by atoms with Crippen LogP contribution in [0.4, 0.5) is 13.2 Å². The predicted octanol–water partition coefficient (Wildman–Crippen LogP) is 2.20. The first-order valence-corrected chi connectivity index (χ1v) is 10.9. The number of hydrogen-bond acceptors (Lipinski definition) is 6. The van der Waals surface area contributed by atoms with Crippen molar-refractivity contribution in [3.8, 4) is 5.75 Å². The maximum atomic E-state index is 13.2. The molecule has 0 bridgehead atoms. The lowest BCUT2D eigenvalue weighted by Gasteiger charge is -2.25. The number of aliphatic hydroxyl groups excluding tert-OH is 1. The molecule has 1 N–H and O–H groups in total. The molecule has 32 heavy (non-hydrogen) atoms. The Kier molecular flexibility index (Phi) is 7.42. The van der Waals surface area contributed by atoms with Crippen LogP contribution in [0.2, 0.25) is 0 Å². The quantitative estimate of drug-likeness (QED) is 0.670. The number of rotatable bonds is 7. The Labute approximate surface area is 186 Å². The molecule has 174 valence electrons. The van der Waals surface area contributed by atoms with Crippen LogP contribution in [0, 0.1) is 5.21 Å². The van der Waals surface area contributed by atoms with E-state index >= 15 is 0 Å². The molecular weight excluding hydrogens is 447 g/mol. The first-order valence-electron chi connectivity index (χ1n) is 10.1. The van der Waals surface area contributed by atoms with E-state index in [1.54, 1.807) is 10.6 Å². The van der Waals surface area contributed by atoms with Gasteiger partial charge >= 0.3 is 6.18 Å². The maximum absolute atomic E-state index is 13.2. The van der Waals surface area contributed by atoms with Crippen LogP contribution in [-0.2, 0) is 12.7 Å². The summed E-state index contributed by atoms with van der Waals surface area (Å²) in [5.41, 5.74) is -1.36. The van der Waals surface area contributed by atoms with Crippen molar-refractivity contribution in [1.29, 1.82) is 0 Å². The van der Waals surface area contributed by atoms with Crippen LogP contribution in [0.5, 0.6) is 5.75 Å². The van der Waals surface area contributed by atoms with Crippen LogP contribution in [-0.4, -0.2) is 39.9 Å². The fourth-order valence-corrected chi connectivity index (χ4v) is 4.11. The molecule has 1 aromatic heterocycles. The van der Waals surface area contributed by atoms with Crippen molar-refractivity contribution in [3.05, 3.63) is 49.2 Å². The number of carbonyl (C=O) groups excluding carboxylic acids is 1. The number of hydroxylamine groups is 2. The zero-order valence-corrected chi connectivity index (χ0v) is 18.4. The van der Waals surface area contributed by atoms with Crippen molar-refractivity contribution >= 4 is 29.5 Å². The Morgan fingerprint density at radius 3 is 2.81 bits per heavy atom. The number of aromatic nitrogens is 1. The molecule has 7 nitrogen and oxygen atoms in total. The lowest BCUT2D eigenvalue weighted by atomic mass is 10.1. The lowest BCUT2D eigenvalue weighted by Crippen LogP contribution is -2.38. The normalized spacial score (nSPS) is 15.1. The molecule has 0 radical (unpaired) electrons. The molecule has 11 heteroatoms. The molecule has 2 aromatic rings. The largest absolute Gasteiger partial charge is 0.758 e. The third-order valence-electron chi connectivity index (χ3n) is 4.65. The second kappa shape index (κ2) is 9.88. The Morgan fingerprint density at radius 1 is 1.41 bits per heavy atom. The Hall–Kier alpha value is -2.63. The highest BCUT2D eigenvalue weighted by Gasteiger charge is 2.32. The molecule has 0 unspecified atom stereocenters. The van der Waals surface area contributed by atoms with Gasteiger partial charge in [-0.05, 0) is 37.6 Å². The van der Waals surface area contributed by atoms with E-state index in [9.17, 15) is 28.3 Å². The van der Waals surface area contributed by atoms with Gasteiger partial charge in [0.1, 0.15) is 12.4 Å². The highest BCUT2D eigenvalue weighted by atomic mass is 32.1. The van der Waals surface area contributed by atoms with E-state index in [0.717, 1.165) is 34.6 Å². The highest BCUT2D eigenvalue weighted by molar-refractivity contribution is 7.07. The average Bonchev–Trinajstić information content (AvgIpc) is 3.05. The number of ether oxygens (including phenoxy) is 1. The molecule has 0 saturated heterocycles. The lowest BCUT2D eigenvalue weighted by molar-refractivity contribution is -0.137.